The molecule has 1 fully saturated rings. The van der Waals surface area contributed by atoms with Gasteiger partial charge in [-0.2, -0.15) is 0 Å². The number of aromatic nitrogens is 4. The standard InChI is InChI=1S/C19H28N6OS/c1-15(2)13-25-19(20-21-22-25)27-16(3)18(26)24-11-9-23(10-12-24)14-17-7-5-4-6-8-17/h4-8,15-16H,9-14H2,1-3H3. The summed E-state index contributed by atoms with van der Waals surface area (Å²) in [5, 5.41) is 12.4. The maximum atomic E-state index is 12.8. The van der Waals surface area contributed by atoms with Crippen LogP contribution in [0.15, 0.2) is 35.5 Å². The number of piperazine rings is 1. The van der Waals surface area contributed by atoms with Crippen molar-refractivity contribution >= 4 is 17.7 Å². The largest absolute Gasteiger partial charge is 0.339 e. The molecule has 3 rings (SSSR count). The van der Waals surface area contributed by atoms with Crippen LogP contribution in [0.1, 0.15) is 26.3 Å². The maximum absolute atomic E-state index is 12.8. The third-order valence-corrected chi connectivity index (χ3v) is 5.66. The molecule has 1 aliphatic heterocycles. The van der Waals surface area contributed by atoms with Gasteiger partial charge in [0.2, 0.25) is 11.1 Å². The molecule has 1 aliphatic rings. The first-order valence-corrected chi connectivity index (χ1v) is 10.4. The van der Waals surface area contributed by atoms with Crippen molar-refractivity contribution < 1.29 is 4.79 Å². The van der Waals surface area contributed by atoms with Crippen LogP contribution in [0.25, 0.3) is 0 Å². The zero-order valence-electron chi connectivity index (χ0n) is 16.3. The molecule has 0 aliphatic carbocycles. The summed E-state index contributed by atoms with van der Waals surface area (Å²) in [6.07, 6.45) is 0. The van der Waals surface area contributed by atoms with Crippen LogP contribution in [0.4, 0.5) is 0 Å². The van der Waals surface area contributed by atoms with Crippen molar-refractivity contribution in [1.82, 2.24) is 30.0 Å². The first kappa shape index (κ1) is 19.8. The van der Waals surface area contributed by atoms with Crippen LogP contribution in [0, 0.1) is 5.92 Å². The fourth-order valence-electron chi connectivity index (χ4n) is 3.17. The summed E-state index contributed by atoms with van der Waals surface area (Å²) in [7, 11) is 0. The number of carbonyl (C=O) groups excluding carboxylic acids is 1. The molecular weight excluding hydrogens is 360 g/mol. The van der Waals surface area contributed by atoms with Crippen molar-refractivity contribution in [2.24, 2.45) is 5.92 Å². The average Bonchev–Trinajstić information content (AvgIpc) is 3.08. The van der Waals surface area contributed by atoms with Gasteiger partial charge in [0.05, 0.1) is 5.25 Å². The second kappa shape index (κ2) is 9.32. The van der Waals surface area contributed by atoms with Gasteiger partial charge in [0.1, 0.15) is 0 Å². The highest BCUT2D eigenvalue weighted by Crippen LogP contribution is 2.23. The van der Waals surface area contributed by atoms with Gasteiger partial charge in [0.15, 0.2) is 0 Å². The molecular formula is C19H28N6OS. The monoisotopic (exact) mass is 388 g/mol. The first-order chi connectivity index (χ1) is 13.0. The van der Waals surface area contributed by atoms with Crippen LogP contribution in [0.2, 0.25) is 0 Å². The predicted octanol–water partition coefficient (Wildman–Crippen LogP) is 2.15. The van der Waals surface area contributed by atoms with E-state index >= 15 is 0 Å². The molecule has 1 aromatic carbocycles. The van der Waals surface area contributed by atoms with Gasteiger partial charge in [-0.3, -0.25) is 9.69 Å². The lowest BCUT2D eigenvalue weighted by Crippen LogP contribution is -2.50. The van der Waals surface area contributed by atoms with Crippen LogP contribution in [-0.2, 0) is 17.9 Å². The Labute approximate surface area is 165 Å². The Balaban J connectivity index is 1.49. The van der Waals surface area contributed by atoms with Gasteiger partial charge in [-0.15, -0.1) is 5.10 Å². The minimum Gasteiger partial charge on any atom is -0.339 e. The number of nitrogens with zero attached hydrogens (tertiary/aromatic N) is 6. The smallest absolute Gasteiger partial charge is 0.235 e. The highest BCUT2D eigenvalue weighted by molar-refractivity contribution is 8.00. The highest BCUT2D eigenvalue weighted by atomic mass is 32.2. The average molecular weight is 389 g/mol. The second-order valence-corrected chi connectivity index (χ2v) is 8.69. The van der Waals surface area contributed by atoms with E-state index < -0.39 is 0 Å². The van der Waals surface area contributed by atoms with E-state index in [1.807, 2.05) is 17.9 Å². The lowest BCUT2D eigenvalue weighted by Gasteiger charge is -2.35. The van der Waals surface area contributed by atoms with E-state index in [0.29, 0.717) is 11.1 Å². The Hall–Kier alpha value is -1.93. The summed E-state index contributed by atoms with van der Waals surface area (Å²) in [4.78, 5) is 17.2. The molecule has 0 N–H and O–H groups in total. The molecule has 1 atom stereocenters. The molecule has 7 nitrogen and oxygen atoms in total. The molecule has 0 spiro atoms. The topological polar surface area (TPSA) is 67.2 Å². The maximum Gasteiger partial charge on any atom is 0.235 e. The van der Waals surface area contributed by atoms with E-state index in [4.69, 9.17) is 0 Å². The quantitative estimate of drug-likeness (QED) is 0.677. The van der Waals surface area contributed by atoms with E-state index in [1.165, 1.54) is 17.3 Å². The van der Waals surface area contributed by atoms with Gasteiger partial charge in [0, 0.05) is 39.3 Å². The summed E-state index contributed by atoms with van der Waals surface area (Å²) >= 11 is 1.45. The lowest BCUT2D eigenvalue weighted by molar-refractivity contribution is -0.132. The van der Waals surface area contributed by atoms with Crippen molar-refractivity contribution in [2.75, 3.05) is 26.2 Å². The summed E-state index contributed by atoms with van der Waals surface area (Å²) in [6, 6.07) is 10.5. The van der Waals surface area contributed by atoms with E-state index in [1.54, 1.807) is 4.68 Å². The van der Waals surface area contributed by atoms with Gasteiger partial charge in [-0.1, -0.05) is 55.9 Å². The highest BCUT2D eigenvalue weighted by Gasteiger charge is 2.27. The fourth-order valence-corrected chi connectivity index (χ4v) is 4.06. The summed E-state index contributed by atoms with van der Waals surface area (Å²) < 4.78 is 1.79. The number of hydrogen-bond donors (Lipinski definition) is 0. The van der Waals surface area contributed by atoms with Crippen LogP contribution < -0.4 is 0 Å². The number of carbonyl (C=O) groups is 1. The number of tetrazole rings is 1. The number of amides is 1. The van der Waals surface area contributed by atoms with Crippen molar-refractivity contribution in [3.63, 3.8) is 0 Å². The number of hydrogen-bond acceptors (Lipinski definition) is 6. The third kappa shape index (κ3) is 5.52. The molecule has 0 bridgehead atoms. The zero-order chi connectivity index (χ0) is 19.2. The Morgan fingerprint density at radius 2 is 1.81 bits per heavy atom. The zero-order valence-corrected chi connectivity index (χ0v) is 17.1. The minimum atomic E-state index is -0.192. The van der Waals surface area contributed by atoms with E-state index in [0.717, 1.165) is 39.3 Å². The van der Waals surface area contributed by atoms with Gasteiger partial charge < -0.3 is 4.90 Å². The first-order valence-electron chi connectivity index (χ1n) is 9.51. The molecule has 1 unspecified atom stereocenters. The SMILES string of the molecule is CC(C)Cn1nnnc1SC(C)C(=O)N1CCN(Cc2ccccc2)CC1. The molecule has 8 heteroatoms. The van der Waals surface area contributed by atoms with Gasteiger partial charge >= 0.3 is 0 Å². The van der Waals surface area contributed by atoms with Crippen LogP contribution in [0.3, 0.4) is 0 Å². The molecule has 2 aromatic rings. The Morgan fingerprint density at radius 1 is 1.11 bits per heavy atom. The Bertz CT molecular complexity index is 727. The number of rotatable bonds is 7. The van der Waals surface area contributed by atoms with Crippen molar-refractivity contribution in [3.8, 4) is 0 Å². The minimum absolute atomic E-state index is 0.165. The number of benzene rings is 1. The fraction of sp³-hybridized carbons (Fsp3) is 0.579. The molecule has 146 valence electrons. The van der Waals surface area contributed by atoms with Gasteiger partial charge in [0.25, 0.3) is 0 Å². The molecule has 0 radical (unpaired) electrons. The van der Waals surface area contributed by atoms with Gasteiger partial charge in [-0.25, -0.2) is 4.68 Å². The molecule has 1 saturated heterocycles. The van der Waals surface area contributed by atoms with E-state index in [-0.39, 0.29) is 11.2 Å². The number of thioether (sulfide) groups is 1. The van der Waals surface area contributed by atoms with Crippen molar-refractivity contribution in [3.05, 3.63) is 35.9 Å². The predicted molar refractivity (Wildman–Crippen MR) is 106 cm³/mol. The summed E-state index contributed by atoms with van der Waals surface area (Å²) in [5.74, 6) is 0.620. The Kier molecular flexibility index (Phi) is 6.84. The third-order valence-electron chi connectivity index (χ3n) is 4.60. The van der Waals surface area contributed by atoms with Gasteiger partial charge in [-0.05, 0) is 28.8 Å². The van der Waals surface area contributed by atoms with E-state index in [9.17, 15) is 4.79 Å². The van der Waals surface area contributed by atoms with Crippen LogP contribution in [-0.4, -0.2) is 67.3 Å². The molecule has 2 heterocycles. The molecule has 1 aromatic heterocycles. The lowest BCUT2D eigenvalue weighted by atomic mass is 10.2. The molecule has 1 amide bonds. The van der Waals surface area contributed by atoms with E-state index in [2.05, 4.69) is 58.5 Å². The Morgan fingerprint density at radius 3 is 2.48 bits per heavy atom. The summed E-state index contributed by atoms with van der Waals surface area (Å²) in [5.41, 5.74) is 1.32. The van der Waals surface area contributed by atoms with Crippen LogP contribution in [0.5, 0.6) is 0 Å². The van der Waals surface area contributed by atoms with Crippen molar-refractivity contribution in [2.45, 2.75) is 44.3 Å². The molecule has 0 saturated carbocycles. The normalized spacial score (nSPS) is 16.7. The second-order valence-electron chi connectivity index (χ2n) is 7.38. The van der Waals surface area contributed by atoms with Crippen LogP contribution >= 0.6 is 11.8 Å². The summed E-state index contributed by atoms with van der Waals surface area (Å²) in [6.45, 7) is 11.2. The molecule has 27 heavy (non-hydrogen) atoms. The van der Waals surface area contributed by atoms with Crippen molar-refractivity contribution in [1.29, 1.82) is 0 Å².